The molecule has 31 heavy (non-hydrogen) atoms. The molecule has 0 spiro atoms. The summed E-state index contributed by atoms with van der Waals surface area (Å²) in [4.78, 5) is 13.1. The minimum absolute atomic E-state index is 0.209. The van der Waals surface area contributed by atoms with Crippen LogP contribution in [-0.4, -0.2) is 30.1 Å². The lowest BCUT2D eigenvalue weighted by molar-refractivity contribution is -0.117. The Balaban J connectivity index is 1.71. The molecule has 3 aromatic rings. The highest BCUT2D eigenvalue weighted by atomic mass is 79.9. The molecule has 1 unspecified atom stereocenters. The van der Waals surface area contributed by atoms with Crippen LogP contribution in [0.3, 0.4) is 0 Å². The highest BCUT2D eigenvalue weighted by molar-refractivity contribution is 9.10. The maximum atomic E-state index is 13.1. The number of thiocarbonyl (C=S) groups is 1. The van der Waals surface area contributed by atoms with Crippen LogP contribution in [0.15, 0.2) is 83.3 Å². The second-order valence-electron chi connectivity index (χ2n) is 7.02. The van der Waals surface area contributed by atoms with Crippen LogP contribution < -0.4 is 21.4 Å². The molecule has 0 aliphatic rings. The Labute approximate surface area is 196 Å². The Morgan fingerprint density at radius 1 is 0.839 bits per heavy atom. The molecular weight excluding hydrogens is 474 g/mol. The van der Waals surface area contributed by atoms with Crippen molar-refractivity contribution in [3.8, 4) is 0 Å². The number of nitrogens with one attached hydrogen (secondary N) is 4. The zero-order valence-electron chi connectivity index (χ0n) is 17.2. The van der Waals surface area contributed by atoms with E-state index in [1.807, 2.05) is 98.0 Å². The maximum Gasteiger partial charge on any atom is 0.251 e. The minimum Gasteiger partial charge on any atom is -0.347 e. The molecule has 1 atom stereocenters. The van der Waals surface area contributed by atoms with Crippen LogP contribution in [0, 0.1) is 0 Å². The lowest BCUT2D eigenvalue weighted by Gasteiger charge is -2.21. The molecule has 0 saturated heterocycles. The first-order chi connectivity index (χ1) is 14.9. The second kappa shape index (κ2) is 10.9. The molecule has 8 heteroatoms. The molecule has 0 fully saturated rings. The largest absolute Gasteiger partial charge is 0.347 e. The number of amides is 1. The first kappa shape index (κ1) is 22.7. The standard InChI is InChI=1S/C23H24BrN5OS/c1-29(2)28-20-14-12-18(13-15-20)25-22(30)21(16-6-4-3-5-7-16)27-23(31)26-19-10-8-17(24)9-11-19/h3-15,21,28H,1-2H3,(H,25,30)(H2,26,27,31). The summed E-state index contributed by atoms with van der Waals surface area (Å²) in [6.45, 7) is 0. The van der Waals surface area contributed by atoms with E-state index in [1.165, 1.54) is 0 Å². The number of hydrogen-bond acceptors (Lipinski definition) is 4. The molecule has 0 aromatic heterocycles. The van der Waals surface area contributed by atoms with Gasteiger partial charge in [-0.1, -0.05) is 46.3 Å². The number of anilines is 3. The molecule has 0 saturated carbocycles. The SMILES string of the molecule is CN(C)Nc1ccc(NC(=O)C(NC(=S)Nc2ccc(Br)cc2)c2ccccc2)cc1. The highest BCUT2D eigenvalue weighted by Crippen LogP contribution is 2.19. The van der Waals surface area contributed by atoms with Crippen molar-refractivity contribution in [2.75, 3.05) is 30.2 Å². The number of halogens is 1. The maximum absolute atomic E-state index is 13.1. The Morgan fingerprint density at radius 3 is 2.00 bits per heavy atom. The van der Waals surface area contributed by atoms with Gasteiger partial charge in [0.1, 0.15) is 6.04 Å². The Hall–Kier alpha value is -2.94. The Morgan fingerprint density at radius 2 is 1.39 bits per heavy atom. The molecule has 0 bridgehead atoms. The predicted octanol–water partition coefficient (Wildman–Crippen LogP) is 5.00. The lowest BCUT2D eigenvalue weighted by Crippen LogP contribution is -2.39. The van der Waals surface area contributed by atoms with Crippen molar-refractivity contribution in [2.45, 2.75) is 6.04 Å². The summed E-state index contributed by atoms with van der Waals surface area (Å²) in [5.41, 5.74) is 6.44. The van der Waals surface area contributed by atoms with Gasteiger partial charge in [-0.05, 0) is 66.3 Å². The highest BCUT2D eigenvalue weighted by Gasteiger charge is 2.21. The summed E-state index contributed by atoms with van der Waals surface area (Å²) >= 11 is 8.87. The Kier molecular flexibility index (Phi) is 8.00. The van der Waals surface area contributed by atoms with E-state index < -0.39 is 6.04 Å². The average Bonchev–Trinajstić information content (AvgIpc) is 2.75. The van der Waals surface area contributed by atoms with Gasteiger partial charge in [0.2, 0.25) is 0 Å². The van der Waals surface area contributed by atoms with Gasteiger partial charge in [0, 0.05) is 35.6 Å². The molecule has 4 N–H and O–H groups in total. The molecule has 3 aromatic carbocycles. The normalized spacial score (nSPS) is 11.5. The van der Waals surface area contributed by atoms with Crippen LogP contribution >= 0.6 is 28.1 Å². The molecule has 6 nitrogen and oxygen atoms in total. The first-order valence-corrected chi connectivity index (χ1v) is 10.8. The van der Waals surface area contributed by atoms with Gasteiger partial charge in [-0.2, -0.15) is 0 Å². The van der Waals surface area contributed by atoms with Crippen LogP contribution in [0.2, 0.25) is 0 Å². The van der Waals surface area contributed by atoms with E-state index in [0.717, 1.165) is 21.4 Å². The van der Waals surface area contributed by atoms with Gasteiger partial charge in [0.15, 0.2) is 5.11 Å². The number of nitrogens with zero attached hydrogens (tertiary/aromatic N) is 1. The number of rotatable bonds is 7. The van der Waals surface area contributed by atoms with Crippen molar-refractivity contribution in [1.29, 1.82) is 0 Å². The van der Waals surface area contributed by atoms with Crippen molar-refractivity contribution >= 4 is 56.2 Å². The fourth-order valence-electron chi connectivity index (χ4n) is 2.88. The van der Waals surface area contributed by atoms with E-state index in [2.05, 4.69) is 37.3 Å². The number of hydrazine groups is 1. The van der Waals surface area contributed by atoms with E-state index in [4.69, 9.17) is 12.2 Å². The van der Waals surface area contributed by atoms with Gasteiger partial charge >= 0.3 is 0 Å². The summed E-state index contributed by atoms with van der Waals surface area (Å²) in [5, 5.41) is 11.4. The van der Waals surface area contributed by atoms with Gasteiger partial charge in [-0.25, -0.2) is 5.01 Å². The molecule has 0 heterocycles. The zero-order chi connectivity index (χ0) is 22.2. The van der Waals surface area contributed by atoms with E-state index >= 15 is 0 Å². The number of carbonyl (C=O) groups is 1. The van der Waals surface area contributed by atoms with E-state index in [-0.39, 0.29) is 5.91 Å². The van der Waals surface area contributed by atoms with Crippen molar-refractivity contribution in [3.63, 3.8) is 0 Å². The van der Waals surface area contributed by atoms with Crippen molar-refractivity contribution in [1.82, 2.24) is 10.3 Å². The fraction of sp³-hybridized carbons (Fsp3) is 0.130. The van der Waals surface area contributed by atoms with E-state index in [1.54, 1.807) is 0 Å². The fourth-order valence-corrected chi connectivity index (χ4v) is 3.38. The van der Waals surface area contributed by atoms with Gasteiger partial charge in [0.25, 0.3) is 5.91 Å². The van der Waals surface area contributed by atoms with Crippen LogP contribution in [0.4, 0.5) is 17.1 Å². The molecule has 0 radical (unpaired) electrons. The minimum atomic E-state index is -0.656. The average molecular weight is 498 g/mol. The van der Waals surface area contributed by atoms with E-state index in [9.17, 15) is 4.79 Å². The quantitative estimate of drug-likeness (QED) is 0.272. The van der Waals surface area contributed by atoms with E-state index in [0.29, 0.717) is 10.8 Å². The van der Waals surface area contributed by atoms with Crippen molar-refractivity contribution in [3.05, 3.63) is 88.9 Å². The summed E-state index contributed by atoms with van der Waals surface area (Å²) < 4.78 is 0.977. The van der Waals surface area contributed by atoms with Gasteiger partial charge < -0.3 is 21.4 Å². The molecular formula is C23H24BrN5OS. The summed E-state index contributed by atoms with van der Waals surface area (Å²) in [6.07, 6.45) is 0. The number of hydrogen-bond donors (Lipinski definition) is 4. The zero-order valence-corrected chi connectivity index (χ0v) is 19.6. The number of carbonyl (C=O) groups excluding carboxylic acids is 1. The third kappa shape index (κ3) is 7.06. The topological polar surface area (TPSA) is 68.4 Å². The lowest BCUT2D eigenvalue weighted by atomic mass is 10.1. The third-order valence-corrected chi connectivity index (χ3v) is 5.03. The summed E-state index contributed by atoms with van der Waals surface area (Å²) in [7, 11) is 3.83. The van der Waals surface area contributed by atoms with Crippen molar-refractivity contribution < 1.29 is 4.79 Å². The Bertz CT molecular complexity index is 1010. The third-order valence-electron chi connectivity index (χ3n) is 4.28. The molecule has 160 valence electrons. The molecule has 0 aliphatic heterocycles. The summed E-state index contributed by atoms with van der Waals surface area (Å²) in [6, 6.07) is 24.0. The summed E-state index contributed by atoms with van der Waals surface area (Å²) in [5.74, 6) is -0.209. The van der Waals surface area contributed by atoms with Gasteiger partial charge in [-0.3, -0.25) is 4.79 Å². The molecule has 3 rings (SSSR count). The molecule has 0 aliphatic carbocycles. The van der Waals surface area contributed by atoms with Crippen molar-refractivity contribution in [2.24, 2.45) is 0 Å². The number of benzene rings is 3. The molecule has 1 amide bonds. The van der Waals surface area contributed by atoms with Gasteiger partial charge in [-0.15, -0.1) is 0 Å². The van der Waals surface area contributed by atoms with Crippen LogP contribution in [0.1, 0.15) is 11.6 Å². The smallest absolute Gasteiger partial charge is 0.251 e. The van der Waals surface area contributed by atoms with Crippen LogP contribution in [0.5, 0.6) is 0 Å². The van der Waals surface area contributed by atoms with Crippen LogP contribution in [0.25, 0.3) is 0 Å². The van der Waals surface area contributed by atoms with Gasteiger partial charge in [0.05, 0.1) is 0 Å². The first-order valence-electron chi connectivity index (χ1n) is 9.63. The van der Waals surface area contributed by atoms with Crippen LogP contribution in [-0.2, 0) is 4.79 Å². The predicted molar refractivity (Wildman–Crippen MR) is 135 cm³/mol. The monoisotopic (exact) mass is 497 g/mol. The second-order valence-corrected chi connectivity index (χ2v) is 8.35.